The zero-order valence-electron chi connectivity index (χ0n) is 18.4. The second-order valence-electron chi connectivity index (χ2n) is 6.83. The van der Waals surface area contributed by atoms with Crippen LogP contribution in [0.2, 0.25) is 0 Å². The van der Waals surface area contributed by atoms with Gasteiger partial charge in [0, 0.05) is 11.1 Å². The number of amides is 2. The van der Waals surface area contributed by atoms with E-state index >= 15 is 0 Å². The molecule has 0 radical (unpaired) electrons. The van der Waals surface area contributed by atoms with Gasteiger partial charge in [0.15, 0.2) is 10.2 Å². The van der Waals surface area contributed by atoms with Gasteiger partial charge in [0.25, 0.3) is 11.8 Å². The topological polar surface area (TPSA) is 101 Å². The van der Waals surface area contributed by atoms with E-state index in [1.165, 1.54) is 14.2 Å². The first-order valence-electron chi connectivity index (χ1n) is 10.0. The van der Waals surface area contributed by atoms with E-state index in [0.717, 1.165) is 0 Å². The number of hydrogen-bond donors (Lipinski definition) is 4. The second-order valence-corrected chi connectivity index (χ2v) is 7.64. The maximum Gasteiger partial charge on any atom is 0.257 e. The molecule has 8 nitrogen and oxygen atoms in total. The van der Waals surface area contributed by atoms with E-state index < -0.39 is 0 Å². The molecule has 0 aliphatic rings. The van der Waals surface area contributed by atoms with Gasteiger partial charge in [-0.15, -0.1) is 0 Å². The summed E-state index contributed by atoms with van der Waals surface area (Å²) in [7, 11) is 3.05. The van der Waals surface area contributed by atoms with Crippen molar-refractivity contribution in [3.05, 3.63) is 83.9 Å². The molecule has 0 saturated heterocycles. The molecule has 3 aromatic carbocycles. The molecule has 0 bridgehead atoms. The molecule has 0 aromatic heterocycles. The molecule has 0 unspecified atom stereocenters. The Morgan fingerprint density at radius 3 is 1.44 bits per heavy atom. The molecule has 0 spiro atoms. The first-order valence-corrected chi connectivity index (χ1v) is 10.8. The average molecular weight is 495 g/mol. The Labute approximate surface area is 207 Å². The predicted molar refractivity (Wildman–Crippen MR) is 140 cm³/mol. The number of benzene rings is 3. The number of thiocarbonyl (C=S) groups is 2. The largest absolute Gasteiger partial charge is 0.497 e. The number of nitrogens with one attached hydrogen (secondary N) is 4. The standard InChI is InChI=1S/C24H22N4O4S2/c1-31-17-9-5-7-15(13-17)21(29)27-23(33)25-19-11-3-4-12-20(19)26-24(34)28-22(30)16-8-6-10-18(14-16)32-2/h3-14H,1-2H3,(H2,25,27,29,33)(H2,26,28,30,34). The van der Waals surface area contributed by atoms with E-state index in [0.29, 0.717) is 34.0 Å². The van der Waals surface area contributed by atoms with Crippen molar-refractivity contribution in [2.75, 3.05) is 24.9 Å². The van der Waals surface area contributed by atoms with Crippen LogP contribution in [0.4, 0.5) is 11.4 Å². The summed E-state index contributed by atoms with van der Waals surface area (Å²) in [5.41, 5.74) is 1.90. The second kappa shape index (κ2) is 11.7. The first-order chi connectivity index (χ1) is 16.4. The van der Waals surface area contributed by atoms with Crippen molar-refractivity contribution in [2.45, 2.75) is 0 Å². The minimum absolute atomic E-state index is 0.0911. The zero-order chi connectivity index (χ0) is 24.5. The highest BCUT2D eigenvalue weighted by molar-refractivity contribution is 7.80. The van der Waals surface area contributed by atoms with Crippen molar-refractivity contribution in [1.82, 2.24) is 10.6 Å². The Morgan fingerprint density at radius 1 is 0.647 bits per heavy atom. The lowest BCUT2D eigenvalue weighted by atomic mass is 10.2. The van der Waals surface area contributed by atoms with Crippen LogP contribution in [-0.2, 0) is 0 Å². The van der Waals surface area contributed by atoms with Crippen LogP contribution < -0.4 is 30.7 Å². The highest BCUT2D eigenvalue weighted by Gasteiger charge is 2.13. The lowest BCUT2D eigenvalue weighted by Crippen LogP contribution is -2.36. The summed E-state index contributed by atoms with van der Waals surface area (Å²) in [6, 6.07) is 20.5. The average Bonchev–Trinajstić information content (AvgIpc) is 2.85. The fourth-order valence-electron chi connectivity index (χ4n) is 2.89. The van der Waals surface area contributed by atoms with Crippen molar-refractivity contribution >= 4 is 57.8 Å². The predicted octanol–water partition coefficient (Wildman–Crippen LogP) is 3.96. The minimum atomic E-state index is -0.386. The van der Waals surface area contributed by atoms with Crippen LogP contribution in [0, 0.1) is 0 Å². The third-order valence-electron chi connectivity index (χ3n) is 4.54. The van der Waals surface area contributed by atoms with Crippen molar-refractivity contribution in [3.8, 4) is 11.5 Å². The monoisotopic (exact) mass is 494 g/mol. The van der Waals surface area contributed by atoms with Crippen LogP contribution in [0.5, 0.6) is 11.5 Å². The quantitative estimate of drug-likeness (QED) is 0.382. The minimum Gasteiger partial charge on any atom is -0.497 e. The summed E-state index contributed by atoms with van der Waals surface area (Å²) in [6.45, 7) is 0. The number of anilines is 2. The van der Waals surface area contributed by atoms with Gasteiger partial charge in [-0.1, -0.05) is 24.3 Å². The maximum absolute atomic E-state index is 12.5. The number of ether oxygens (including phenoxy) is 2. The summed E-state index contributed by atoms with van der Waals surface area (Å²) in [6.07, 6.45) is 0. The van der Waals surface area contributed by atoms with Crippen LogP contribution >= 0.6 is 24.4 Å². The number of hydrogen-bond acceptors (Lipinski definition) is 6. The maximum atomic E-state index is 12.5. The summed E-state index contributed by atoms with van der Waals surface area (Å²) < 4.78 is 10.3. The van der Waals surface area contributed by atoms with Crippen LogP contribution in [0.3, 0.4) is 0 Å². The molecule has 0 aliphatic heterocycles. The molecule has 0 aliphatic carbocycles. The Morgan fingerprint density at radius 2 is 1.06 bits per heavy atom. The van der Waals surface area contributed by atoms with Gasteiger partial charge in [-0.3, -0.25) is 20.2 Å². The third kappa shape index (κ3) is 6.74. The summed E-state index contributed by atoms with van der Waals surface area (Å²) >= 11 is 10.6. The van der Waals surface area contributed by atoms with Gasteiger partial charge in [0.1, 0.15) is 11.5 Å². The van der Waals surface area contributed by atoms with Crippen molar-refractivity contribution < 1.29 is 19.1 Å². The summed E-state index contributed by atoms with van der Waals surface area (Å²) in [5.74, 6) is 0.349. The molecule has 0 atom stereocenters. The molecule has 0 heterocycles. The highest BCUT2D eigenvalue weighted by Crippen LogP contribution is 2.21. The van der Waals surface area contributed by atoms with Gasteiger partial charge in [-0.05, 0) is 73.0 Å². The number of rotatable bonds is 6. The number of methoxy groups -OCH3 is 2. The van der Waals surface area contributed by atoms with Crippen LogP contribution in [0.15, 0.2) is 72.8 Å². The van der Waals surface area contributed by atoms with E-state index in [1.807, 2.05) is 0 Å². The summed E-state index contributed by atoms with van der Waals surface area (Å²) in [5, 5.41) is 11.4. The molecule has 0 fully saturated rings. The van der Waals surface area contributed by atoms with Gasteiger partial charge in [-0.25, -0.2) is 0 Å². The van der Waals surface area contributed by atoms with Gasteiger partial charge in [0.05, 0.1) is 25.6 Å². The van der Waals surface area contributed by atoms with E-state index in [2.05, 4.69) is 21.3 Å². The number of para-hydroxylation sites is 2. The van der Waals surface area contributed by atoms with Gasteiger partial charge < -0.3 is 20.1 Å². The molecule has 174 valence electrons. The molecule has 3 rings (SSSR count). The fraction of sp³-hybridized carbons (Fsp3) is 0.0833. The molecular weight excluding hydrogens is 472 g/mol. The van der Waals surface area contributed by atoms with Gasteiger partial charge in [0.2, 0.25) is 0 Å². The smallest absolute Gasteiger partial charge is 0.257 e. The Hall–Kier alpha value is -4.02. The molecule has 4 N–H and O–H groups in total. The Kier molecular flexibility index (Phi) is 8.49. The Balaban J connectivity index is 1.62. The van der Waals surface area contributed by atoms with Crippen LogP contribution in [0.25, 0.3) is 0 Å². The first kappa shape index (κ1) is 24.6. The lowest BCUT2D eigenvalue weighted by molar-refractivity contribution is 0.0969. The molecule has 34 heavy (non-hydrogen) atoms. The van der Waals surface area contributed by atoms with E-state index in [1.54, 1.807) is 72.8 Å². The van der Waals surface area contributed by atoms with Gasteiger partial charge in [-0.2, -0.15) is 0 Å². The zero-order valence-corrected chi connectivity index (χ0v) is 20.0. The molecule has 2 amide bonds. The normalized spacial score (nSPS) is 9.94. The van der Waals surface area contributed by atoms with Crippen molar-refractivity contribution in [1.29, 1.82) is 0 Å². The van der Waals surface area contributed by atoms with Crippen LogP contribution in [0.1, 0.15) is 20.7 Å². The molecular formula is C24H22N4O4S2. The molecule has 10 heteroatoms. The molecule has 0 saturated carbocycles. The van der Waals surface area contributed by atoms with E-state index in [9.17, 15) is 9.59 Å². The lowest BCUT2D eigenvalue weighted by Gasteiger charge is -2.16. The number of carbonyl (C=O) groups is 2. The highest BCUT2D eigenvalue weighted by atomic mass is 32.1. The third-order valence-corrected chi connectivity index (χ3v) is 4.95. The van der Waals surface area contributed by atoms with Crippen molar-refractivity contribution in [3.63, 3.8) is 0 Å². The Bertz CT molecular complexity index is 1140. The van der Waals surface area contributed by atoms with Crippen LogP contribution in [-0.4, -0.2) is 36.3 Å². The number of carbonyl (C=O) groups excluding carboxylic acids is 2. The summed E-state index contributed by atoms with van der Waals surface area (Å²) in [4.78, 5) is 25.0. The van der Waals surface area contributed by atoms with E-state index in [4.69, 9.17) is 33.9 Å². The van der Waals surface area contributed by atoms with E-state index in [-0.39, 0.29) is 22.0 Å². The molecule has 3 aromatic rings. The van der Waals surface area contributed by atoms with Gasteiger partial charge >= 0.3 is 0 Å². The SMILES string of the molecule is COc1cccc(C(=O)NC(=S)Nc2ccccc2NC(=S)NC(=O)c2cccc(OC)c2)c1. The fourth-order valence-corrected chi connectivity index (χ4v) is 3.29. The van der Waals surface area contributed by atoms with Crippen molar-refractivity contribution in [2.24, 2.45) is 0 Å².